The molecular weight excluding hydrogens is 364 g/mol. The number of nitrogens with one attached hydrogen (secondary N) is 1. The summed E-state index contributed by atoms with van der Waals surface area (Å²) in [5.41, 5.74) is 8.10. The zero-order valence-electron chi connectivity index (χ0n) is 8.99. The van der Waals surface area contributed by atoms with E-state index in [9.17, 15) is 0 Å². The van der Waals surface area contributed by atoms with Crippen molar-refractivity contribution in [1.82, 2.24) is 0 Å². The van der Waals surface area contributed by atoms with Crippen molar-refractivity contribution in [2.45, 2.75) is 6.04 Å². The van der Waals surface area contributed by atoms with Gasteiger partial charge in [0.1, 0.15) is 0 Å². The molecule has 0 fully saturated rings. The Hall–Kier alpha value is -0.360. The van der Waals surface area contributed by atoms with Crippen LogP contribution < -0.4 is 11.1 Å². The highest BCUT2D eigenvalue weighted by Gasteiger charge is 2.11. The number of thiophene rings is 1. The Labute approximate surface area is 121 Å². The predicted octanol–water partition coefficient (Wildman–Crippen LogP) is 4.39. The van der Waals surface area contributed by atoms with Gasteiger partial charge in [-0.25, -0.2) is 0 Å². The first-order valence-electron chi connectivity index (χ1n) is 5.15. The van der Waals surface area contributed by atoms with Gasteiger partial charge in [0.2, 0.25) is 0 Å². The Morgan fingerprint density at radius 2 is 1.94 bits per heavy atom. The number of rotatable bonds is 4. The number of hydrogen-bond acceptors (Lipinski definition) is 3. The topological polar surface area (TPSA) is 38.0 Å². The van der Waals surface area contributed by atoms with E-state index in [0.717, 1.165) is 13.9 Å². The first-order chi connectivity index (χ1) is 8.19. The van der Waals surface area contributed by atoms with Crippen LogP contribution in [-0.2, 0) is 0 Å². The molecular formula is C12H12Br2N2S. The number of hydrogen-bond donors (Lipinski definition) is 2. The molecule has 0 aliphatic heterocycles. The van der Waals surface area contributed by atoms with E-state index in [-0.39, 0.29) is 6.04 Å². The van der Waals surface area contributed by atoms with E-state index in [2.05, 4.69) is 48.6 Å². The lowest BCUT2D eigenvalue weighted by Crippen LogP contribution is -2.19. The Morgan fingerprint density at radius 1 is 1.24 bits per heavy atom. The zero-order chi connectivity index (χ0) is 12.3. The fraction of sp³-hybridized carbons (Fsp3) is 0.167. The molecule has 1 aromatic heterocycles. The van der Waals surface area contributed by atoms with Gasteiger partial charge in [0.25, 0.3) is 0 Å². The van der Waals surface area contributed by atoms with Crippen LogP contribution in [0.25, 0.3) is 0 Å². The molecule has 3 N–H and O–H groups in total. The quantitative estimate of drug-likeness (QED) is 0.831. The average Bonchev–Trinajstić information content (AvgIpc) is 2.75. The van der Waals surface area contributed by atoms with Gasteiger partial charge >= 0.3 is 0 Å². The third-order valence-electron chi connectivity index (χ3n) is 2.41. The predicted molar refractivity (Wildman–Crippen MR) is 81.6 cm³/mol. The first kappa shape index (κ1) is 13.1. The largest absolute Gasteiger partial charge is 0.377 e. The molecule has 2 rings (SSSR count). The molecule has 1 unspecified atom stereocenters. The summed E-state index contributed by atoms with van der Waals surface area (Å²) in [7, 11) is 0. The Kier molecular flexibility index (Phi) is 4.62. The lowest BCUT2D eigenvalue weighted by molar-refractivity contribution is 0.793. The second-order valence-electron chi connectivity index (χ2n) is 3.62. The standard InChI is InChI=1S/C12H12Br2N2S/c13-9-1-3-10(4-2-9)16-11(6-15)8-5-12(14)17-7-8/h1-5,7,11,16H,6,15H2. The van der Waals surface area contributed by atoms with Crippen molar-refractivity contribution in [1.29, 1.82) is 0 Å². The minimum atomic E-state index is 0.152. The van der Waals surface area contributed by atoms with Crippen LogP contribution in [0.3, 0.4) is 0 Å². The van der Waals surface area contributed by atoms with Crippen LogP contribution >= 0.6 is 43.2 Å². The molecule has 1 aromatic carbocycles. The smallest absolute Gasteiger partial charge is 0.0702 e. The highest BCUT2D eigenvalue weighted by Crippen LogP contribution is 2.27. The summed E-state index contributed by atoms with van der Waals surface area (Å²) >= 11 is 8.56. The minimum Gasteiger partial charge on any atom is -0.377 e. The van der Waals surface area contributed by atoms with Gasteiger partial charge in [0, 0.05) is 16.7 Å². The minimum absolute atomic E-state index is 0.152. The summed E-state index contributed by atoms with van der Waals surface area (Å²) in [6.07, 6.45) is 0. The molecule has 0 radical (unpaired) electrons. The third-order valence-corrected chi connectivity index (χ3v) is 4.46. The van der Waals surface area contributed by atoms with Gasteiger partial charge < -0.3 is 11.1 Å². The molecule has 0 saturated carbocycles. The molecule has 1 heterocycles. The molecule has 2 nitrogen and oxygen atoms in total. The number of anilines is 1. The zero-order valence-corrected chi connectivity index (χ0v) is 13.0. The van der Waals surface area contributed by atoms with Crippen LogP contribution in [0.4, 0.5) is 5.69 Å². The van der Waals surface area contributed by atoms with Crippen molar-refractivity contribution in [3.8, 4) is 0 Å². The molecule has 5 heteroatoms. The molecule has 0 aliphatic carbocycles. The second-order valence-corrected chi connectivity index (χ2v) is 6.83. The van der Waals surface area contributed by atoms with E-state index in [4.69, 9.17) is 5.73 Å². The van der Waals surface area contributed by atoms with E-state index in [1.807, 2.05) is 24.3 Å². The van der Waals surface area contributed by atoms with Crippen LogP contribution in [0.2, 0.25) is 0 Å². The van der Waals surface area contributed by atoms with Crippen LogP contribution in [-0.4, -0.2) is 6.54 Å². The fourth-order valence-electron chi connectivity index (χ4n) is 1.53. The molecule has 0 saturated heterocycles. The lowest BCUT2D eigenvalue weighted by atomic mass is 10.1. The van der Waals surface area contributed by atoms with E-state index in [0.29, 0.717) is 6.54 Å². The van der Waals surface area contributed by atoms with Gasteiger partial charge in [0.05, 0.1) is 9.83 Å². The highest BCUT2D eigenvalue weighted by atomic mass is 79.9. The monoisotopic (exact) mass is 374 g/mol. The third kappa shape index (κ3) is 3.55. The van der Waals surface area contributed by atoms with E-state index >= 15 is 0 Å². The SMILES string of the molecule is NCC(Nc1ccc(Br)cc1)c1csc(Br)c1. The van der Waals surface area contributed by atoms with Crippen LogP contribution in [0.5, 0.6) is 0 Å². The van der Waals surface area contributed by atoms with Gasteiger partial charge in [-0.05, 0) is 57.2 Å². The Balaban J connectivity index is 2.12. The van der Waals surface area contributed by atoms with Crippen molar-refractivity contribution in [2.75, 3.05) is 11.9 Å². The van der Waals surface area contributed by atoms with Crippen molar-refractivity contribution >= 4 is 48.9 Å². The summed E-state index contributed by atoms with van der Waals surface area (Å²) in [6, 6.07) is 10.4. The van der Waals surface area contributed by atoms with Crippen molar-refractivity contribution in [2.24, 2.45) is 5.73 Å². The highest BCUT2D eigenvalue weighted by molar-refractivity contribution is 9.11. The maximum Gasteiger partial charge on any atom is 0.0702 e. The molecule has 0 bridgehead atoms. The van der Waals surface area contributed by atoms with E-state index < -0.39 is 0 Å². The summed E-state index contributed by atoms with van der Waals surface area (Å²) < 4.78 is 2.20. The molecule has 2 aromatic rings. The molecule has 0 spiro atoms. The summed E-state index contributed by atoms with van der Waals surface area (Å²) in [4.78, 5) is 0. The molecule has 1 atom stereocenters. The maximum absolute atomic E-state index is 5.81. The number of benzene rings is 1. The summed E-state index contributed by atoms with van der Waals surface area (Å²) in [5, 5.41) is 5.54. The first-order valence-corrected chi connectivity index (χ1v) is 7.61. The molecule has 90 valence electrons. The molecule has 0 aliphatic rings. The second kappa shape index (κ2) is 6.00. The van der Waals surface area contributed by atoms with Crippen LogP contribution in [0.15, 0.2) is 44.0 Å². The van der Waals surface area contributed by atoms with Crippen molar-refractivity contribution in [3.63, 3.8) is 0 Å². The van der Waals surface area contributed by atoms with Gasteiger partial charge in [0.15, 0.2) is 0 Å². The number of halogens is 2. The molecule has 17 heavy (non-hydrogen) atoms. The summed E-state index contributed by atoms with van der Waals surface area (Å²) in [6.45, 7) is 0.569. The number of nitrogens with two attached hydrogens (primary N) is 1. The van der Waals surface area contributed by atoms with Crippen molar-refractivity contribution in [3.05, 3.63) is 49.5 Å². The lowest BCUT2D eigenvalue weighted by Gasteiger charge is -2.17. The van der Waals surface area contributed by atoms with Gasteiger partial charge in [-0.3, -0.25) is 0 Å². The Morgan fingerprint density at radius 3 is 2.47 bits per heavy atom. The van der Waals surface area contributed by atoms with E-state index in [1.54, 1.807) is 11.3 Å². The average molecular weight is 376 g/mol. The van der Waals surface area contributed by atoms with Crippen molar-refractivity contribution < 1.29 is 0 Å². The molecule has 0 amide bonds. The summed E-state index contributed by atoms with van der Waals surface area (Å²) in [5.74, 6) is 0. The maximum atomic E-state index is 5.81. The normalized spacial score (nSPS) is 12.4. The van der Waals surface area contributed by atoms with Gasteiger partial charge in [-0.2, -0.15) is 0 Å². The van der Waals surface area contributed by atoms with Crippen LogP contribution in [0, 0.1) is 0 Å². The van der Waals surface area contributed by atoms with Gasteiger partial charge in [-0.15, -0.1) is 11.3 Å². The van der Waals surface area contributed by atoms with Gasteiger partial charge in [-0.1, -0.05) is 15.9 Å². The van der Waals surface area contributed by atoms with E-state index in [1.165, 1.54) is 5.56 Å². The Bertz CT molecular complexity index is 482. The fourth-order valence-corrected chi connectivity index (χ4v) is 3.03. The van der Waals surface area contributed by atoms with Crippen LogP contribution in [0.1, 0.15) is 11.6 Å².